The van der Waals surface area contributed by atoms with Gasteiger partial charge in [-0.05, 0) is 72.2 Å². The van der Waals surface area contributed by atoms with E-state index in [1.165, 1.54) is 12.1 Å². The molecule has 0 radical (unpaired) electrons. The fraction of sp³-hybridized carbons (Fsp3) is 0.222. The zero-order chi connectivity index (χ0) is 17.7. The maximum absolute atomic E-state index is 13.5. The summed E-state index contributed by atoms with van der Waals surface area (Å²) in [7, 11) is 0. The zero-order valence-electron chi connectivity index (χ0n) is 13.5. The first kappa shape index (κ1) is 18.1. The minimum Gasteiger partial charge on any atom is -0.339 e. The van der Waals surface area contributed by atoms with Gasteiger partial charge < -0.3 is 10.2 Å². The molecule has 0 aliphatic carbocycles. The van der Waals surface area contributed by atoms with E-state index in [4.69, 9.17) is 0 Å². The average Bonchev–Trinajstić information content (AvgIpc) is 2.59. The first-order valence-electron chi connectivity index (χ1n) is 7.62. The summed E-state index contributed by atoms with van der Waals surface area (Å²) in [5.74, 6) is -0.958. The number of rotatable bonds is 5. The number of carbonyl (C=O) groups excluding carboxylic acids is 2. The van der Waals surface area contributed by atoms with Crippen molar-refractivity contribution in [2.75, 3.05) is 18.4 Å². The summed E-state index contributed by atoms with van der Waals surface area (Å²) in [4.78, 5) is 26.1. The highest BCUT2D eigenvalue weighted by molar-refractivity contribution is 9.10. The molecule has 0 spiro atoms. The Labute approximate surface area is 148 Å². The second-order valence-corrected chi connectivity index (χ2v) is 5.99. The van der Waals surface area contributed by atoms with Crippen molar-refractivity contribution in [1.29, 1.82) is 0 Å². The number of hydrogen-bond donors (Lipinski definition) is 1. The van der Waals surface area contributed by atoms with Crippen LogP contribution in [0.15, 0.2) is 46.9 Å². The molecule has 2 rings (SSSR count). The van der Waals surface area contributed by atoms with E-state index < -0.39 is 11.7 Å². The van der Waals surface area contributed by atoms with Gasteiger partial charge in [-0.25, -0.2) is 4.39 Å². The lowest BCUT2D eigenvalue weighted by atomic mass is 10.1. The Morgan fingerprint density at radius 3 is 2.17 bits per heavy atom. The van der Waals surface area contributed by atoms with E-state index in [1.807, 2.05) is 13.8 Å². The highest BCUT2D eigenvalue weighted by Gasteiger charge is 2.13. The normalized spacial score (nSPS) is 10.3. The summed E-state index contributed by atoms with van der Waals surface area (Å²) in [5, 5.41) is 2.68. The summed E-state index contributed by atoms with van der Waals surface area (Å²) in [6.07, 6.45) is 0. The van der Waals surface area contributed by atoms with E-state index in [2.05, 4.69) is 21.2 Å². The largest absolute Gasteiger partial charge is 0.339 e. The summed E-state index contributed by atoms with van der Waals surface area (Å²) < 4.78 is 13.8. The van der Waals surface area contributed by atoms with Crippen LogP contribution in [0.5, 0.6) is 0 Å². The number of hydrogen-bond acceptors (Lipinski definition) is 2. The Morgan fingerprint density at radius 2 is 1.62 bits per heavy atom. The molecule has 0 aliphatic rings. The second kappa shape index (κ2) is 8.06. The van der Waals surface area contributed by atoms with Crippen LogP contribution in [0, 0.1) is 5.82 Å². The smallest absolute Gasteiger partial charge is 0.255 e. The average molecular weight is 393 g/mol. The molecule has 0 aliphatic heterocycles. The maximum Gasteiger partial charge on any atom is 0.255 e. The van der Waals surface area contributed by atoms with Gasteiger partial charge in [-0.1, -0.05) is 0 Å². The summed E-state index contributed by atoms with van der Waals surface area (Å²) in [6.45, 7) is 5.13. The van der Waals surface area contributed by atoms with Gasteiger partial charge in [-0.2, -0.15) is 0 Å². The predicted molar refractivity (Wildman–Crippen MR) is 95.7 cm³/mol. The van der Waals surface area contributed by atoms with E-state index in [0.717, 1.165) is 6.07 Å². The van der Waals surface area contributed by atoms with E-state index in [1.54, 1.807) is 29.2 Å². The van der Waals surface area contributed by atoms with Crippen molar-refractivity contribution in [1.82, 2.24) is 4.90 Å². The van der Waals surface area contributed by atoms with Crippen LogP contribution in [-0.2, 0) is 0 Å². The van der Waals surface area contributed by atoms with E-state index in [0.29, 0.717) is 28.8 Å². The third-order valence-electron chi connectivity index (χ3n) is 3.62. The van der Waals surface area contributed by atoms with Crippen LogP contribution < -0.4 is 5.32 Å². The van der Waals surface area contributed by atoms with Crippen LogP contribution in [0.25, 0.3) is 0 Å². The number of anilines is 1. The number of nitrogens with zero attached hydrogens (tertiary/aromatic N) is 1. The molecule has 0 fully saturated rings. The quantitative estimate of drug-likeness (QED) is 0.823. The van der Waals surface area contributed by atoms with E-state index in [9.17, 15) is 14.0 Å². The molecular weight excluding hydrogens is 375 g/mol. The van der Waals surface area contributed by atoms with Crippen molar-refractivity contribution in [3.8, 4) is 0 Å². The van der Waals surface area contributed by atoms with Crippen LogP contribution in [0.4, 0.5) is 10.1 Å². The molecule has 24 heavy (non-hydrogen) atoms. The van der Waals surface area contributed by atoms with Gasteiger partial charge in [0.2, 0.25) is 0 Å². The topological polar surface area (TPSA) is 49.4 Å². The molecule has 0 saturated heterocycles. The highest BCUT2D eigenvalue weighted by Crippen LogP contribution is 2.18. The fourth-order valence-electron chi connectivity index (χ4n) is 2.23. The molecule has 0 saturated carbocycles. The molecule has 2 amide bonds. The van der Waals surface area contributed by atoms with Crippen LogP contribution in [0.2, 0.25) is 0 Å². The third kappa shape index (κ3) is 4.20. The molecule has 2 aromatic carbocycles. The highest BCUT2D eigenvalue weighted by atomic mass is 79.9. The van der Waals surface area contributed by atoms with Gasteiger partial charge in [-0.15, -0.1) is 0 Å². The van der Waals surface area contributed by atoms with Gasteiger partial charge in [0.25, 0.3) is 11.8 Å². The molecule has 0 heterocycles. The third-order valence-corrected chi connectivity index (χ3v) is 4.27. The van der Waals surface area contributed by atoms with Gasteiger partial charge >= 0.3 is 0 Å². The molecule has 0 atom stereocenters. The monoisotopic (exact) mass is 392 g/mol. The fourth-order valence-corrected chi connectivity index (χ4v) is 2.48. The van der Waals surface area contributed by atoms with Gasteiger partial charge in [-0.3, -0.25) is 9.59 Å². The first-order chi connectivity index (χ1) is 11.5. The SMILES string of the molecule is CCN(CC)C(=O)c1ccc(NC(=O)c2ccc(Br)c(F)c2)cc1. The first-order valence-corrected chi connectivity index (χ1v) is 8.41. The minimum atomic E-state index is -0.497. The van der Waals surface area contributed by atoms with Gasteiger partial charge in [0.1, 0.15) is 5.82 Å². The van der Waals surface area contributed by atoms with Gasteiger partial charge in [0.15, 0.2) is 0 Å². The predicted octanol–water partition coefficient (Wildman–Crippen LogP) is 4.32. The van der Waals surface area contributed by atoms with Crippen molar-refractivity contribution < 1.29 is 14.0 Å². The number of benzene rings is 2. The standard InChI is InChI=1S/C18H18BrFN2O2/c1-3-22(4-2)18(24)12-5-8-14(9-6-12)21-17(23)13-7-10-15(19)16(20)11-13/h5-11H,3-4H2,1-2H3,(H,21,23). The lowest BCUT2D eigenvalue weighted by Crippen LogP contribution is -2.30. The summed E-state index contributed by atoms with van der Waals surface area (Å²) in [5.41, 5.74) is 1.32. The zero-order valence-corrected chi connectivity index (χ0v) is 15.1. The molecular formula is C18H18BrFN2O2. The van der Waals surface area contributed by atoms with Crippen LogP contribution in [-0.4, -0.2) is 29.8 Å². The molecule has 4 nitrogen and oxygen atoms in total. The molecule has 6 heteroatoms. The lowest BCUT2D eigenvalue weighted by molar-refractivity contribution is 0.0773. The van der Waals surface area contributed by atoms with E-state index in [-0.39, 0.29) is 11.5 Å². The summed E-state index contributed by atoms with van der Waals surface area (Å²) >= 11 is 3.05. The Kier molecular flexibility index (Phi) is 6.09. The Morgan fingerprint density at radius 1 is 1.04 bits per heavy atom. The number of carbonyl (C=O) groups is 2. The summed E-state index contributed by atoms with van der Waals surface area (Å²) in [6, 6.07) is 10.8. The Hall–Kier alpha value is -2.21. The molecule has 0 bridgehead atoms. The molecule has 0 aromatic heterocycles. The molecule has 2 aromatic rings. The molecule has 1 N–H and O–H groups in total. The van der Waals surface area contributed by atoms with Crippen LogP contribution in [0.3, 0.4) is 0 Å². The number of amides is 2. The van der Waals surface area contributed by atoms with Crippen LogP contribution in [0.1, 0.15) is 34.6 Å². The number of nitrogens with one attached hydrogen (secondary N) is 1. The van der Waals surface area contributed by atoms with Crippen molar-refractivity contribution in [3.05, 3.63) is 63.9 Å². The molecule has 0 unspecified atom stereocenters. The van der Waals surface area contributed by atoms with Crippen molar-refractivity contribution in [2.24, 2.45) is 0 Å². The maximum atomic E-state index is 13.5. The van der Waals surface area contributed by atoms with Crippen LogP contribution >= 0.6 is 15.9 Å². The Bertz CT molecular complexity index is 743. The van der Waals surface area contributed by atoms with Crippen molar-refractivity contribution in [3.63, 3.8) is 0 Å². The van der Waals surface area contributed by atoms with Gasteiger partial charge in [0, 0.05) is 29.9 Å². The van der Waals surface area contributed by atoms with E-state index >= 15 is 0 Å². The van der Waals surface area contributed by atoms with Gasteiger partial charge in [0.05, 0.1) is 4.47 Å². The van der Waals surface area contributed by atoms with Crippen molar-refractivity contribution in [2.45, 2.75) is 13.8 Å². The minimum absolute atomic E-state index is 0.0483. The number of halogens is 2. The lowest BCUT2D eigenvalue weighted by Gasteiger charge is -2.18. The van der Waals surface area contributed by atoms with Crippen molar-refractivity contribution >= 4 is 33.4 Å². The Balaban J connectivity index is 2.09. The molecule has 126 valence electrons. The second-order valence-electron chi connectivity index (χ2n) is 5.14.